The monoisotopic (exact) mass is 373 g/mol. The summed E-state index contributed by atoms with van der Waals surface area (Å²) >= 11 is 0. The number of amides is 2. The van der Waals surface area contributed by atoms with E-state index in [2.05, 4.69) is 10.5 Å². The largest absolute Gasteiger partial charge is 0.493 e. The van der Waals surface area contributed by atoms with Crippen LogP contribution < -0.4 is 14.8 Å². The van der Waals surface area contributed by atoms with Gasteiger partial charge < -0.3 is 24.2 Å². The van der Waals surface area contributed by atoms with E-state index in [1.165, 1.54) is 19.1 Å². The van der Waals surface area contributed by atoms with Gasteiger partial charge in [-0.05, 0) is 31.5 Å². The van der Waals surface area contributed by atoms with E-state index in [9.17, 15) is 9.59 Å². The van der Waals surface area contributed by atoms with Crippen molar-refractivity contribution in [2.24, 2.45) is 0 Å². The highest BCUT2D eigenvalue weighted by molar-refractivity contribution is 5.93. The summed E-state index contributed by atoms with van der Waals surface area (Å²) in [7, 11) is 3.05. The van der Waals surface area contributed by atoms with Crippen LogP contribution >= 0.6 is 0 Å². The second-order valence-corrected chi connectivity index (χ2v) is 5.82. The van der Waals surface area contributed by atoms with E-state index >= 15 is 0 Å². The van der Waals surface area contributed by atoms with Crippen LogP contribution in [0.3, 0.4) is 0 Å². The first-order valence-electron chi connectivity index (χ1n) is 8.33. The van der Waals surface area contributed by atoms with Gasteiger partial charge in [-0.3, -0.25) is 9.59 Å². The van der Waals surface area contributed by atoms with Gasteiger partial charge in [0, 0.05) is 13.1 Å². The predicted molar refractivity (Wildman–Crippen MR) is 101 cm³/mol. The fraction of sp³-hybridized carbons (Fsp3) is 0.316. The molecule has 1 heterocycles. The highest BCUT2D eigenvalue weighted by Crippen LogP contribution is 2.28. The lowest BCUT2D eigenvalue weighted by molar-refractivity contribution is -0.135. The maximum Gasteiger partial charge on any atom is 0.260 e. The molecule has 0 bridgehead atoms. The molecule has 0 aliphatic carbocycles. The zero-order chi connectivity index (χ0) is 19.8. The maximum absolute atomic E-state index is 12.2. The van der Waals surface area contributed by atoms with E-state index in [1.54, 1.807) is 19.1 Å². The van der Waals surface area contributed by atoms with Crippen molar-refractivity contribution in [1.82, 2.24) is 10.1 Å². The van der Waals surface area contributed by atoms with Crippen LogP contribution in [0.15, 0.2) is 34.9 Å². The van der Waals surface area contributed by atoms with Gasteiger partial charge in [0.05, 0.1) is 13.7 Å². The molecule has 0 aliphatic rings. The highest BCUT2D eigenvalue weighted by atomic mass is 16.5. The van der Waals surface area contributed by atoms with E-state index < -0.39 is 0 Å². The van der Waals surface area contributed by atoms with Crippen LogP contribution in [-0.4, -0.2) is 49.2 Å². The molecular formula is C19H23N3O5. The standard InChI is InChI=1S/C19H23N3O5/c1-5-6-14-7-8-15(16(10-14)25-4)26-12-19(24)22(3)11-18(23)20-17-9-13(2)27-21-17/h5-10H,11-12H2,1-4H3,(H,20,21,23)/b6-5-. The molecule has 2 amide bonds. The number of nitrogens with one attached hydrogen (secondary N) is 1. The fourth-order valence-corrected chi connectivity index (χ4v) is 2.26. The lowest BCUT2D eigenvalue weighted by Gasteiger charge is -2.17. The van der Waals surface area contributed by atoms with Crippen molar-refractivity contribution in [3.63, 3.8) is 0 Å². The van der Waals surface area contributed by atoms with Crippen molar-refractivity contribution in [2.75, 3.05) is 32.6 Å². The van der Waals surface area contributed by atoms with Gasteiger partial charge in [0.15, 0.2) is 23.9 Å². The topological polar surface area (TPSA) is 93.9 Å². The third-order valence-corrected chi connectivity index (χ3v) is 3.60. The van der Waals surface area contributed by atoms with E-state index in [0.717, 1.165) is 5.56 Å². The number of hydrogen-bond donors (Lipinski definition) is 1. The molecule has 27 heavy (non-hydrogen) atoms. The number of carbonyl (C=O) groups excluding carboxylic acids is 2. The van der Waals surface area contributed by atoms with E-state index in [-0.39, 0.29) is 25.0 Å². The SMILES string of the molecule is C/C=C\c1ccc(OCC(=O)N(C)CC(=O)Nc2cc(C)on2)c(OC)c1. The minimum absolute atomic E-state index is 0.133. The highest BCUT2D eigenvalue weighted by Gasteiger charge is 2.16. The minimum Gasteiger partial charge on any atom is -0.493 e. The van der Waals surface area contributed by atoms with Crippen LogP contribution in [0.2, 0.25) is 0 Å². The van der Waals surface area contributed by atoms with Gasteiger partial charge in [-0.25, -0.2) is 0 Å². The molecule has 1 aromatic carbocycles. The molecule has 0 fully saturated rings. The molecule has 0 unspecified atom stereocenters. The fourth-order valence-electron chi connectivity index (χ4n) is 2.26. The van der Waals surface area contributed by atoms with Crippen LogP contribution in [-0.2, 0) is 9.59 Å². The molecule has 0 saturated heterocycles. The van der Waals surface area contributed by atoms with E-state index in [4.69, 9.17) is 14.0 Å². The Labute approximate surface area is 157 Å². The molecule has 144 valence electrons. The lowest BCUT2D eigenvalue weighted by Crippen LogP contribution is -2.37. The number of likely N-dealkylation sites (N-methyl/N-ethyl adjacent to an activating group) is 1. The van der Waals surface area contributed by atoms with Crippen molar-refractivity contribution in [1.29, 1.82) is 0 Å². The summed E-state index contributed by atoms with van der Waals surface area (Å²) in [5.41, 5.74) is 0.963. The van der Waals surface area contributed by atoms with Crippen molar-refractivity contribution in [3.8, 4) is 11.5 Å². The Morgan fingerprint density at radius 3 is 2.70 bits per heavy atom. The normalized spacial score (nSPS) is 10.7. The second-order valence-electron chi connectivity index (χ2n) is 5.82. The summed E-state index contributed by atoms with van der Waals surface area (Å²) in [4.78, 5) is 25.4. The number of methoxy groups -OCH3 is 1. The molecular weight excluding hydrogens is 350 g/mol. The van der Waals surface area contributed by atoms with Crippen molar-refractivity contribution >= 4 is 23.7 Å². The smallest absolute Gasteiger partial charge is 0.260 e. The molecule has 2 aromatic rings. The Hall–Kier alpha value is -3.29. The molecule has 0 spiro atoms. The maximum atomic E-state index is 12.2. The summed E-state index contributed by atoms with van der Waals surface area (Å²) in [6.07, 6.45) is 3.85. The summed E-state index contributed by atoms with van der Waals surface area (Å²) in [5, 5.41) is 6.22. The number of aromatic nitrogens is 1. The first kappa shape index (κ1) is 20.0. The van der Waals surface area contributed by atoms with Crippen LogP contribution in [0.5, 0.6) is 11.5 Å². The van der Waals surface area contributed by atoms with Crippen LogP contribution in [0.1, 0.15) is 18.2 Å². The average molecular weight is 373 g/mol. The predicted octanol–water partition coefficient (Wildman–Crippen LogP) is 2.50. The van der Waals surface area contributed by atoms with Gasteiger partial charge in [0.1, 0.15) is 5.76 Å². The Morgan fingerprint density at radius 2 is 2.07 bits per heavy atom. The van der Waals surface area contributed by atoms with Crippen molar-refractivity contribution < 1.29 is 23.6 Å². The van der Waals surface area contributed by atoms with Gasteiger partial charge in [-0.15, -0.1) is 0 Å². The Balaban J connectivity index is 1.88. The second kappa shape index (κ2) is 9.42. The molecule has 1 aromatic heterocycles. The Kier molecular flexibility index (Phi) is 6.99. The number of rotatable bonds is 8. The van der Waals surface area contributed by atoms with Gasteiger partial charge >= 0.3 is 0 Å². The van der Waals surface area contributed by atoms with Crippen LogP contribution in [0, 0.1) is 6.92 Å². The third-order valence-electron chi connectivity index (χ3n) is 3.60. The molecule has 0 saturated carbocycles. The van der Waals surface area contributed by atoms with E-state index in [0.29, 0.717) is 23.1 Å². The van der Waals surface area contributed by atoms with E-state index in [1.807, 2.05) is 31.2 Å². The number of allylic oxidation sites excluding steroid dienone is 1. The minimum atomic E-state index is -0.382. The lowest BCUT2D eigenvalue weighted by atomic mass is 10.2. The molecule has 0 radical (unpaired) electrons. The Morgan fingerprint density at radius 1 is 1.30 bits per heavy atom. The summed E-state index contributed by atoms with van der Waals surface area (Å²) in [6, 6.07) is 7.00. The first-order valence-corrected chi connectivity index (χ1v) is 8.33. The van der Waals surface area contributed by atoms with Gasteiger partial charge in [0.2, 0.25) is 5.91 Å². The van der Waals surface area contributed by atoms with Crippen LogP contribution in [0.4, 0.5) is 5.82 Å². The number of benzene rings is 1. The Bertz CT molecular complexity index is 829. The molecule has 8 heteroatoms. The molecule has 0 aliphatic heterocycles. The number of nitrogens with zero attached hydrogens (tertiary/aromatic N) is 2. The van der Waals surface area contributed by atoms with Gasteiger partial charge in [-0.1, -0.05) is 23.4 Å². The quantitative estimate of drug-likeness (QED) is 0.764. The molecule has 1 N–H and O–H groups in total. The number of hydrogen-bond acceptors (Lipinski definition) is 6. The number of ether oxygens (including phenoxy) is 2. The summed E-state index contributed by atoms with van der Waals surface area (Å²) in [5.74, 6) is 1.14. The van der Waals surface area contributed by atoms with Gasteiger partial charge in [-0.2, -0.15) is 0 Å². The first-order chi connectivity index (χ1) is 12.9. The number of anilines is 1. The summed E-state index contributed by atoms with van der Waals surface area (Å²) in [6.45, 7) is 3.29. The molecule has 8 nitrogen and oxygen atoms in total. The van der Waals surface area contributed by atoms with Crippen LogP contribution in [0.25, 0.3) is 6.08 Å². The molecule has 0 atom stereocenters. The number of carbonyl (C=O) groups is 2. The number of aryl methyl sites for hydroxylation is 1. The van der Waals surface area contributed by atoms with Gasteiger partial charge in [0.25, 0.3) is 5.91 Å². The average Bonchev–Trinajstić information content (AvgIpc) is 3.04. The zero-order valence-electron chi connectivity index (χ0n) is 15.8. The zero-order valence-corrected chi connectivity index (χ0v) is 15.8. The molecule has 2 rings (SSSR count). The van der Waals surface area contributed by atoms with Crippen molar-refractivity contribution in [3.05, 3.63) is 41.7 Å². The third kappa shape index (κ3) is 5.88. The summed E-state index contributed by atoms with van der Waals surface area (Å²) < 4.78 is 15.7. The van der Waals surface area contributed by atoms with Crippen molar-refractivity contribution in [2.45, 2.75) is 13.8 Å².